The fourth-order valence-corrected chi connectivity index (χ4v) is 4.71. The molecule has 0 aromatic heterocycles. The van der Waals surface area contributed by atoms with E-state index in [0.29, 0.717) is 11.8 Å². The van der Waals surface area contributed by atoms with E-state index in [-0.39, 0.29) is 11.7 Å². The zero-order valence-corrected chi connectivity index (χ0v) is 12.9. The van der Waals surface area contributed by atoms with E-state index in [1.807, 2.05) is 6.07 Å². The van der Waals surface area contributed by atoms with Gasteiger partial charge in [-0.3, -0.25) is 4.79 Å². The van der Waals surface area contributed by atoms with Crippen LogP contribution >= 0.6 is 0 Å². The van der Waals surface area contributed by atoms with Gasteiger partial charge in [-0.15, -0.1) is 0 Å². The molecule has 1 aliphatic carbocycles. The molecule has 1 aromatic carbocycles. The number of nitrogens with zero attached hydrogens (tertiary/aromatic N) is 1. The number of hydrogen-bond donors (Lipinski definition) is 1. The Hall–Kier alpha value is -1.42. The zero-order valence-electron chi connectivity index (χ0n) is 12.9. The maximum atomic E-state index is 13.7. The molecular formula is C18H23FN2O. The highest BCUT2D eigenvalue weighted by molar-refractivity contribution is 5.89. The first-order valence-electron chi connectivity index (χ1n) is 8.45. The van der Waals surface area contributed by atoms with Crippen LogP contribution in [0.4, 0.5) is 4.39 Å². The van der Waals surface area contributed by atoms with Gasteiger partial charge in [-0.05, 0) is 42.4 Å². The number of benzene rings is 1. The molecule has 0 radical (unpaired) electrons. The predicted octanol–water partition coefficient (Wildman–Crippen LogP) is 2.32. The molecule has 2 aliphatic heterocycles. The van der Waals surface area contributed by atoms with Gasteiger partial charge in [0.2, 0.25) is 5.91 Å². The summed E-state index contributed by atoms with van der Waals surface area (Å²) in [5.41, 5.74) is 0.402. The minimum Gasteiger partial charge on any atom is -0.341 e. The summed E-state index contributed by atoms with van der Waals surface area (Å²) in [5, 5.41) is 3.41. The van der Waals surface area contributed by atoms with Gasteiger partial charge in [0.05, 0.1) is 5.41 Å². The number of carbonyl (C=O) groups is 1. The molecule has 4 heteroatoms. The molecule has 1 amide bonds. The van der Waals surface area contributed by atoms with E-state index in [1.54, 1.807) is 12.1 Å². The monoisotopic (exact) mass is 302 g/mol. The topological polar surface area (TPSA) is 32.3 Å². The summed E-state index contributed by atoms with van der Waals surface area (Å²) in [7, 11) is 0. The maximum absolute atomic E-state index is 13.7. The predicted molar refractivity (Wildman–Crippen MR) is 83.0 cm³/mol. The van der Waals surface area contributed by atoms with Crippen LogP contribution in [0.15, 0.2) is 24.3 Å². The van der Waals surface area contributed by atoms with E-state index in [0.717, 1.165) is 57.4 Å². The number of fused-ring (bicyclic) bond motifs is 1. The number of hydrogen-bond acceptors (Lipinski definition) is 2. The van der Waals surface area contributed by atoms with Crippen LogP contribution in [0.2, 0.25) is 0 Å². The molecule has 0 unspecified atom stereocenters. The largest absolute Gasteiger partial charge is 0.341 e. The number of rotatable bonds is 2. The Morgan fingerprint density at radius 2 is 1.86 bits per heavy atom. The van der Waals surface area contributed by atoms with Crippen LogP contribution in [-0.4, -0.2) is 37.0 Å². The lowest BCUT2D eigenvalue weighted by atomic mass is 9.77. The first-order chi connectivity index (χ1) is 10.7. The van der Waals surface area contributed by atoms with E-state index < -0.39 is 5.41 Å². The molecule has 118 valence electrons. The van der Waals surface area contributed by atoms with E-state index in [4.69, 9.17) is 0 Å². The van der Waals surface area contributed by atoms with Gasteiger partial charge < -0.3 is 10.2 Å². The molecule has 22 heavy (non-hydrogen) atoms. The number of nitrogens with one attached hydrogen (secondary N) is 1. The number of amides is 1. The van der Waals surface area contributed by atoms with Crippen molar-refractivity contribution in [3.8, 4) is 0 Å². The third-order valence-electron chi connectivity index (χ3n) is 5.92. The smallest absolute Gasteiger partial charge is 0.233 e. The van der Waals surface area contributed by atoms with Crippen molar-refractivity contribution < 1.29 is 9.18 Å². The standard InChI is InChI=1S/C18H23FN2O/c19-16-5-3-4-15(8-16)18(6-1-2-7-18)17(22)21-11-13-9-20-10-14(13)12-21/h3-5,8,13-14,20H,1-2,6-7,9-12H2/t13-,14+. The Bertz CT molecular complexity index is 570. The minimum atomic E-state index is -0.478. The van der Waals surface area contributed by atoms with Crippen molar-refractivity contribution >= 4 is 5.91 Å². The van der Waals surface area contributed by atoms with Crippen LogP contribution in [-0.2, 0) is 10.2 Å². The fraction of sp³-hybridized carbons (Fsp3) is 0.611. The van der Waals surface area contributed by atoms with Gasteiger partial charge >= 0.3 is 0 Å². The molecule has 3 aliphatic rings. The first kappa shape index (κ1) is 14.2. The lowest BCUT2D eigenvalue weighted by Gasteiger charge is -2.33. The summed E-state index contributed by atoms with van der Waals surface area (Å²) >= 11 is 0. The van der Waals surface area contributed by atoms with Crippen molar-refractivity contribution in [3.05, 3.63) is 35.6 Å². The molecule has 2 heterocycles. The van der Waals surface area contributed by atoms with E-state index in [2.05, 4.69) is 10.2 Å². The highest BCUT2D eigenvalue weighted by Crippen LogP contribution is 2.44. The summed E-state index contributed by atoms with van der Waals surface area (Å²) in [6.07, 6.45) is 3.84. The minimum absolute atomic E-state index is 0.237. The van der Waals surface area contributed by atoms with Crippen LogP contribution < -0.4 is 5.32 Å². The second-order valence-corrected chi connectivity index (χ2v) is 7.19. The molecule has 4 rings (SSSR count). The average Bonchev–Trinajstić information content (AvgIpc) is 3.22. The van der Waals surface area contributed by atoms with Gasteiger partial charge in [-0.2, -0.15) is 0 Å². The highest BCUT2D eigenvalue weighted by atomic mass is 19.1. The van der Waals surface area contributed by atoms with Crippen molar-refractivity contribution in [1.29, 1.82) is 0 Å². The Morgan fingerprint density at radius 1 is 1.18 bits per heavy atom. The summed E-state index contributed by atoms with van der Waals surface area (Å²) in [4.78, 5) is 15.4. The molecular weight excluding hydrogens is 279 g/mol. The second-order valence-electron chi connectivity index (χ2n) is 7.19. The summed E-state index contributed by atoms with van der Waals surface area (Å²) < 4.78 is 13.7. The van der Waals surface area contributed by atoms with Crippen LogP contribution in [0.1, 0.15) is 31.2 Å². The zero-order chi connectivity index (χ0) is 15.2. The maximum Gasteiger partial charge on any atom is 0.233 e. The molecule has 2 saturated heterocycles. The average molecular weight is 302 g/mol. The Labute approximate surface area is 130 Å². The van der Waals surface area contributed by atoms with E-state index in [1.165, 1.54) is 6.07 Å². The first-order valence-corrected chi connectivity index (χ1v) is 8.45. The molecule has 1 saturated carbocycles. The summed E-state index contributed by atoms with van der Waals surface area (Å²) in [5.74, 6) is 1.22. The third-order valence-corrected chi connectivity index (χ3v) is 5.92. The molecule has 3 fully saturated rings. The number of carbonyl (C=O) groups excluding carboxylic acids is 1. The van der Waals surface area contributed by atoms with Crippen molar-refractivity contribution in [2.24, 2.45) is 11.8 Å². The Morgan fingerprint density at radius 3 is 2.50 bits per heavy atom. The summed E-state index contributed by atoms with van der Waals surface area (Å²) in [6, 6.07) is 6.70. The van der Waals surface area contributed by atoms with Crippen molar-refractivity contribution in [3.63, 3.8) is 0 Å². The number of likely N-dealkylation sites (tertiary alicyclic amines) is 1. The van der Waals surface area contributed by atoms with Crippen molar-refractivity contribution in [1.82, 2.24) is 10.2 Å². The second kappa shape index (κ2) is 5.34. The van der Waals surface area contributed by atoms with Gasteiger partial charge in [0.25, 0.3) is 0 Å². The lowest BCUT2D eigenvalue weighted by molar-refractivity contribution is -0.136. The lowest BCUT2D eigenvalue weighted by Crippen LogP contribution is -2.45. The molecule has 3 nitrogen and oxygen atoms in total. The Balaban J connectivity index is 1.63. The summed E-state index contributed by atoms with van der Waals surface area (Å²) in [6.45, 7) is 3.80. The number of halogens is 1. The molecule has 0 bridgehead atoms. The van der Waals surface area contributed by atoms with Gasteiger partial charge in [0.15, 0.2) is 0 Å². The van der Waals surface area contributed by atoms with Gasteiger partial charge in [-0.25, -0.2) is 4.39 Å². The van der Waals surface area contributed by atoms with Gasteiger partial charge in [0.1, 0.15) is 5.82 Å². The van der Waals surface area contributed by atoms with Crippen molar-refractivity contribution in [2.75, 3.05) is 26.2 Å². The van der Waals surface area contributed by atoms with Crippen LogP contribution in [0.25, 0.3) is 0 Å². The van der Waals surface area contributed by atoms with Crippen LogP contribution in [0, 0.1) is 17.7 Å². The van der Waals surface area contributed by atoms with Crippen LogP contribution in [0.5, 0.6) is 0 Å². The van der Waals surface area contributed by atoms with E-state index >= 15 is 0 Å². The van der Waals surface area contributed by atoms with Crippen molar-refractivity contribution in [2.45, 2.75) is 31.1 Å². The quantitative estimate of drug-likeness (QED) is 0.909. The molecule has 2 atom stereocenters. The SMILES string of the molecule is O=C(N1C[C@H]2CNC[C@H]2C1)C1(c2cccc(F)c2)CCCC1. The Kier molecular flexibility index (Phi) is 3.44. The van der Waals surface area contributed by atoms with Crippen LogP contribution in [0.3, 0.4) is 0 Å². The van der Waals surface area contributed by atoms with E-state index in [9.17, 15) is 9.18 Å². The third kappa shape index (κ3) is 2.16. The molecule has 1 N–H and O–H groups in total. The molecule has 0 spiro atoms. The highest BCUT2D eigenvalue weighted by Gasteiger charge is 2.48. The molecule has 1 aromatic rings. The fourth-order valence-electron chi connectivity index (χ4n) is 4.71. The van der Waals surface area contributed by atoms with Gasteiger partial charge in [0, 0.05) is 26.2 Å². The normalized spacial score (nSPS) is 29.8. The van der Waals surface area contributed by atoms with Gasteiger partial charge in [-0.1, -0.05) is 25.0 Å².